The molecule has 0 fully saturated rings. The molecule has 0 saturated carbocycles. The number of nitrogens with zero attached hydrogens (tertiary/aromatic N) is 1. The van der Waals surface area contributed by atoms with Crippen molar-refractivity contribution in [3.05, 3.63) is 23.3 Å². The van der Waals surface area contributed by atoms with Crippen LogP contribution in [0.2, 0.25) is 0 Å². The molecule has 31 heavy (non-hydrogen) atoms. The molecule has 0 spiro atoms. The van der Waals surface area contributed by atoms with E-state index < -0.39 is 0 Å². The van der Waals surface area contributed by atoms with Crippen LogP contribution in [0.5, 0.6) is 0 Å². The van der Waals surface area contributed by atoms with Crippen LogP contribution in [0.1, 0.15) is 117 Å². The van der Waals surface area contributed by atoms with Crippen LogP contribution in [0.3, 0.4) is 0 Å². The summed E-state index contributed by atoms with van der Waals surface area (Å²) in [6.45, 7) is 7.78. The van der Waals surface area contributed by atoms with E-state index in [0.717, 1.165) is 0 Å². The normalized spacial score (nSPS) is 17.5. The van der Waals surface area contributed by atoms with Gasteiger partial charge in [-0.25, -0.2) is 0 Å². The van der Waals surface area contributed by atoms with Crippen LogP contribution in [0.4, 0.5) is 0 Å². The van der Waals surface area contributed by atoms with Gasteiger partial charge in [-0.05, 0) is 84.4 Å². The van der Waals surface area contributed by atoms with Crippen LogP contribution >= 0.6 is 11.8 Å². The molecule has 2 nitrogen and oxygen atoms in total. The van der Waals surface area contributed by atoms with E-state index in [0.29, 0.717) is 0 Å². The highest BCUT2D eigenvalue weighted by Gasteiger charge is 1.96. The summed E-state index contributed by atoms with van der Waals surface area (Å²) in [7, 11) is 4.89. The predicted octanol–water partition coefficient (Wildman–Crippen LogP) is 9.69. The van der Waals surface area contributed by atoms with Gasteiger partial charge in [0.05, 0.1) is 0 Å². The van der Waals surface area contributed by atoms with Gasteiger partial charge in [-0.3, -0.25) is 0 Å². The second kappa shape index (κ2) is 34.1. The SMILES string of the molecule is C=NC.CC1=CCCCCCCCCC(C)=CCCCCCCCC1.COC.CSC. The molecule has 3 heteroatoms. The Bertz CT molecular complexity index is 356. The quantitative estimate of drug-likeness (QED) is 0.268. The lowest BCUT2D eigenvalue weighted by molar-refractivity contribution is 0.277. The molecule has 0 heterocycles. The van der Waals surface area contributed by atoms with Gasteiger partial charge in [0.25, 0.3) is 0 Å². The lowest BCUT2D eigenvalue weighted by Crippen LogP contribution is -1.85. The van der Waals surface area contributed by atoms with Gasteiger partial charge in [0, 0.05) is 21.3 Å². The van der Waals surface area contributed by atoms with Crippen molar-refractivity contribution >= 4 is 18.5 Å². The molecule has 0 unspecified atom stereocenters. The van der Waals surface area contributed by atoms with Crippen LogP contribution in [0.15, 0.2) is 28.3 Å². The average Bonchev–Trinajstić information content (AvgIpc) is 2.72. The maximum absolute atomic E-state index is 4.25. The van der Waals surface area contributed by atoms with Crippen molar-refractivity contribution in [3.8, 4) is 0 Å². The second-order valence-corrected chi connectivity index (χ2v) is 9.37. The number of ether oxygens (including phenoxy) is 1. The molecule has 1 aliphatic rings. The zero-order valence-corrected chi connectivity index (χ0v) is 23.3. The Balaban J connectivity index is -0.000000744. The van der Waals surface area contributed by atoms with Crippen molar-refractivity contribution in [2.45, 2.75) is 117 Å². The number of hydrogen-bond donors (Lipinski definition) is 0. The van der Waals surface area contributed by atoms with Crippen molar-refractivity contribution in [3.63, 3.8) is 0 Å². The molecule has 0 radical (unpaired) electrons. The molecule has 1 aliphatic carbocycles. The van der Waals surface area contributed by atoms with Gasteiger partial charge >= 0.3 is 0 Å². The van der Waals surface area contributed by atoms with E-state index in [4.69, 9.17) is 0 Å². The molecular weight excluding hydrogens is 398 g/mol. The van der Waals surface area contributed by atoms with E-state index in [1.807, 2.05) is 12.5 Å². The Morgan fingerprint density at radius 3 is 1.19 bits per heavy atom. The molecule has 0 N–H and O–H groups in total. The number of methoxy groups -OCH3 is 1. The summed E-state index contributed by atoms with van der Waals surface area (Å²) in [5.41, 5.74) is 3.27. The average molecular weight is 456 g/mol. The van der Waals surface area contributed by atoms with E-state index in [-0.39, 0.29) is 0 Å². The summed E-state index contributed by atoms with van der Waals surface area (Å²) >= 11 is 1.75. The topological polar surface area (TPSA) is 21.6 Å². The molecule has 0 atom stereocenters. The third-order valence-corrected chi connectivity index (χ3v) is 5.04. The minimum atomic E-state index is 1.31. The van der Waals surface area contributed by atoms with Gasteiger partial charge < -0.3 is 9.73 Å². The van der Waals surface area contributed by atoms with Gasteiger partial charge in [-0.15, -0.1) is 0 Å². The largest absolute Gasteiger partial charge is 0.388 e. The fraction of sp³-hybridized carbons (Fsp3) is 0.821. The highest BCUT2D eigenvalue weighted by atomic mass is 32.2. The van der Waals surface area contributed by atoms with E-state index in [9.17, 15) is 0 Å². The molecule has 0 aromatic carbocycles. The predicted molar refractivity (Wildman–Crippen MR) is 149 cm³/mol. The van der Waals surface area contributed by atoms with E-state index in [1.165, 1.54) is 103 Å². The number of rotatable bonds is 0. The first-order valence-corrected chi connectivity index (χ1v) is 14.1. The molecule has 186 valence electrons. The molecule has 0 amide bonds. The van der Waals surface area contributed by atoms with Crippen molar-refractivity contribution in [1.29, 1.82) is 0 Å². The summed E-state index contributed by atoms with van der Waals surface area (Å²) in [6, 6.07) is 0. The Hall–Kier alpha value is -0.540. The van der Waals surface area contributed by atoms with Gasteiger partial charge in [-0.1, -0.05) is 74.7 Å². The van der Waals surface area contributed by atoms with Gasteiger partial charge in [0.1, 0.15) is 0 Å². The standard InChI is InChI=1S/C22H40.C2H5N.C2H6O.C2H6S/c1-21-17-13-9-5-3-7-11-15-19-22(2)20-16-12-8-4-6-10-14-18-21;3*1-3-2/h17,20H,3-16,18-19H2,1-2H3;1H2,2H3;2*1-2H3. The maximum Gasteiger partial charge on any atom is 0.0351 e. The third kappa shape index (κ3) is 40.4. The van der Waals surface area contributed by atoms with E-state index in [1.54, 1.807) is 44.2 Å². The minimum absolute atomic E-state index is 1.31. The van der Waals surface area contributed by atoms with Crippen molar-refractivity contribution in [1.82, 2.24) is 0 Å². The molecular formula is C28H57NOS. The molecule has 0 saturated heterocycles. The second-order valence-electron chi connectivity index (χ2n) is 8.55. The van der Waals surface area contributed by atoms with Gasteiger partial charge in [0.2, 0.25) is 0 Å². The Kier molecular flexibility index (Phi) is 38.5. The monoisotopic (exact) mass is 455 g/mol. The van der Waals surface area contributed by atoms with Crippen LogP contribution in [-0.2, 0) is 4.74 Å². The Morgan fingerprint density at radius 2 is 0.903 bits per heavy atom. The first-order valence-electron chi connectivity index (χ1n) is 12.5. The number of allylic oxidation sites excluding steroid dienone is 4. The number of aliphatic imine (C=N–C) groups is 1. The lowest BCUT2D eigenvalue weighted by atomic mass is 10.0. The first kappa shape index (κ1) is 35.1. The lowest BCUT2D eigenvalue weighted by Gasteiger charge is -2.05. The van der Waals surface area contributed by atoms with Crippen LogP contribution < -0.4 is 0 Å². The van der Waals surface area contributed by atoms with Crippen LogP contribution in [0, 0.1) is 0 Å². The molecule has 0 aromatic rings. The molecule has 0 aliphatic heterocycles. The fourth-order valence-corrected chi connectivity index (χ4v) is 3.41. The Morgan fingerprint density at radius 1 is 0.677 bits per heavy atom. The highest BCUT2D eigenvalue weighted by Crippen LogP contribution is 2.16. The molecule has 1 rings (SSSR count). The van der Waals surface area contributed by atoms with E-state index >= 15 is 0 Å². The summed E-state index contributed by atoms with van der Waals surface area (Å²) in [5.74, 6) is 0. The summed E-state index contributed by atoms with van der Waals surface area (Å²) < 4.78 is 4.25. The summed E-state index contributed by atoms with van der Waals surface area (Å²) in [5, 5.41) is 0. The summed E-state index contributed by atoms with van der Waals surface area (Å²) in [4.78, 5) is 3.25. The fourth-order valence-electron chi connectivity index (χ4n) is 3.41. The Labute approximate surface area is 201 Å². The van der Waals surface area contributed by atoms with Crippen LogP contribution in [0.25, 0.3) is 0 Å². The molecule has 0 bridgehead atoms. The van der Waals surface area contributed by atoms with Crippen molar-refractivity contribution in [2.75, 3.05) is 33.8 Å². The van der Waals surface area contributed by atoms with Crippen LogP contribution in [-0.4, -0.2) is 40.5 Å². The minimum Gasteiger partial charge on any atom is -0.388 e. The molecule has 0 aromatic heterocycles. The zero-order valence-electron chi connectivity index (χ0n) is 22.4. The highest BCUT2D eigenvalue weighted by molar-refractivity contribution is 7.97. The summed E-state index contributed by atoms with van der Waals surface area (Å²) in [6.07, 6.45) is 31.5. The van der Waals surface area contributed by atoms with Crippen molar-refractivity contribution < 1.29 is 4.74 Å². The van der Waals surface area contributed by atoms with E-state index in [2.05, 4.69) is 42.4 Å². The third-order valence-electron chi connectivity index (χ3n) is 5.04. The smallest absolute Gasteiger partial charge is 0.0351 e. The number of hydrogen-bond acceptors (Lipinski definition) is 3. The van der Waals surface area contributed by atoms with Gasteiger partial charge in [0.15, 0.2) is 0 Å². The van der Waals surface area contributed by atoms with Gasteiger partial charge in [-0.2, -0.15) is 11.8 Å². The zero-order chi connectivity index (χ0) is 24.0. The first-order chi connectivity index (χ1) is 15.0. The van der Waals surface area contributed by atoms with Crippen molar-refractivity contribution in [2.24, 2.45) is 4.99 Å². The number of thioether (sulfide) groups is 1. The maximum atomic E-state index is 4.25.